The molecule has 0 aliphatic heterocycles. The molecule has 1 unspecified atom stereocenters. The van der Waals surface area contributed by atoms with Crippen LogP contribution in [0.5, 0.6) is 5.75 Å². The summed E-state index contributed by atoms with van der Waals surface area (Å²) in [6.07, 6.45) is 0. The smallest absolute Gasteiger partial charge is 0.165 e. The summed E-state index contributed by atoms with van der Waals surface area (Å²) in [6.45, 7) is 0. The lowest BCUT2D eigenvalue weighted by Crippen LogP contribution is -1.98. The predicted molar refractivity (Wildman–Crippen MR) is 84.8 cm³/mol. The second-order valence-electron chi connectivity index (χ2n) is 3.92. The van der Waals surface area contributed by atoms with Crippen LogP contribution in [0.3, 0.4) is 0 Å². The number of ether oxygens (including phenoxy) is 1. The second kappa shape index (κ2) is 6.29. The molecule has 100 valence electrons. The van der Waals surface area contributed by atoms with Crippen molar-refractivity contribution in [1.29, 1.82) is 0 Å². The molecule has 0 bridgehead atoms. The van der Waals surface area contributed by atoms with Crippen molar-refractivity contribution in [1.82, 2.24) is 0 Å². The maximum atomic E-state index is 13.7. The van der Waals surface area contributed by atoms with Crippen LogP contribution in [0.25, 0.3) is 0 Å². The van der Waals surface area contributed by atoms with Gasteiger partial charge >= 0.3 is 0 Å². The van der Waals surface area contributed by atoms with Crippen molar-refractivity contribution in [3.8, 4) is 5.75 Å². The van der Waals surface area contributed by atoms with Gasteiger partial charge in [0.2, 0.25) is 0 Å². The lowest BCUT2D eigenvalue weighted by molar-refractivity contribution is 0.386. The van der Waals surface area contributed by atoms with E-state index in [-0.39, 0.29) is 5.75 Å². The highest BCUT2D eigenvalue weighted by atomic mass is 127. The molecule has 0 aliphatic carbocycles. The van der Waals surface area contributed by atoms with Crippen molar-refractivity contribution in [2.45, 2.75) is 5.38 Å². The van der Waals surface area contributed by atoms with Crippen LogP contribution in [0.2, 0.25) is 5.02 Å². The zero-order valence-corrected chi connectivity index (χ0v) is 13.6. The van der Waals surface area contributed by atoms with Gasteiger partial charge in [-0.15, -0.1) is 11.6 Å². The van der Waals surface area contributed by atoms with E-state index in [1.54, 1.807) is 24.3 Å². The van der Waals surface area contributed by atoms with Gasteiger partial charge in [-0.3, -0.25) is 0 Å². The number of hydrogen-bond donors (Lipinski definition) is 0. The van der Waals surface area contributed by atoms with E-state index >= 15 is 0 Å². The summed E-state index contributed by atoms with van der Waals surface area (Å²) >= 11 is 14.6. The predicted octanol–water partition coefficient (Wildman–Crippen LogP) is 5.42. The number of benzene rings is 2. The van der Waals surface area contributed by atoms with E-state index in [2.05, 4.69) is 22.6 Å². The van der Waals surface area contributed by atoms with E-state index in [1.165, 1.54) is 13.2 Å². The lowest BCUT2D eigenvalue weighted by Gasteiger charge is -2.14. The van der Waals surface area contributed by atoms with E-state index < -0.39 is 11.2 Å². The van der Waals surface area contributed by atoms with Crippen LogP contribution in [0.1, 0.15) is 16.5 Å². The van der Waals surface area contributed by atoms with Crippen LogP contribution in [-0.4, -0.2) is 7.11 Å². The van der Waals surface area contributed by atoms with Crippen molar-refractivity contribution >= 4 is 45.8 Å². The Kier molecular flexibility index (Phi) is 4.92. The molecule has 0 aliphatic rings. The van der Waals surface area contributed by atoms with Crippen molar-refractivity contribution in [3.05, 3.63) is 61.9 Å². The van der Waals surface area contributed by atoms with Gasteiger partial charge in [-0.1, -0.05) is 17.7 Å². The maximum absolute atomic E-state index is 13.7. The number of rotatable bonds is 3. The molecule has 5 heteroatoms. The highest BCUT2D eigenvalue weighted by Gasteiger charge is 2.16. The standard InChI is InChI=1S/C14H10Cl2FIO/c1-19-13-5-2-8(6-11(13)17)14(16)10-7-9(15)3-4-12(10)18/h2-7,14H,1H3. The third kappa shape index (κ3) is 3.33. The van der Waals surface area contributed by atoms with Crippen molar-refractivity contribution in [2.24, 2.45) is 0 Å². The Bertz CT molecular complexity index is 604. The minimum absolute atomic E-state index is 0.202. The molecule has 0 aromatic heterocycles. The summed E-state index contributed by atoms with van der Waals surface area (Å²) in [5.41, 5.74) is 1.53. The summed E-state index contributed by atoms with van der Waals surface area (Å²) in [4.78, 5) is 0. The monoisotopic (exact) mass is 410 g/mol. The number of halogens is 4. The van der Waals surface area contributed by atoms with Crippen LogP contribution in [0, 0.1) is 9.39 Å². The summed E-state index contributed by atoms with van der Waals surface area (Å²) in [6, 6.07) is 10.2. The zero-order chi connectivity index (χ0) is 14.0. The largest absolute Gasteiger partial charge is 0.494 e. The molecule has 0 N–H and O–H groups in total. The first-order chi connectivity index (χ1) is 9.02. The molecule has 0 saturated heterocycles. The molecule has 0 radical (unpaired) electrons. The van der Waals surface area contributed by atoms with Crippen LogP contribution in [-0.2, 0) is 0 Å². The molecule has 19 heavy (non-hydrogen) atoms. The first kappa shape index (κ1) is 14.9. The molecule has 1 nitrogen and oxygen atoms in total. The number of methoxy groups -OCH3 is 1. The van der Waals surface area contributed by atoms with E-state index in [0.717, 1.165) is 9.13 Å². The quantitative estimate of drug-likeness (QED) is 0.484. The molecular weight excluding hydrogens is 401 g/mol. The molecule has 1 atom stereocenters. The summed E-state index contributed by atoms with van der Waals surface area (Å²) in [7, 11) is 1.43. The number of alkyl halides is 1. The molecule has 0 heterocycles. The first-order valence-electron chi connectivity index (χ1n) is 5.45. The Hall–Kier alpha value is -0.520. The average Bonchev–Trinajstić information content (AvgIpc) is 2.40. The molecule has 2 aromatic rings. The van der Waals surface area contributed by atoms with Crippen LogP contribution in [0.15, 0.2) is 36.4 Å². The molecule has 2 aromatic carbocycles. The van der Waals surface area contributed by atoms with Gasteiger partial charge in [0.05, 0.1) is 12.5 Å². The van der Waals surface area contributed by atoms with Gasteiger partial charge in [0.25, 0.3) is 0 Å². The Morgan fingerprint density at radius 2 is 1.95 bits per heavy atom. The van der Waals surface area contributed by atoms with Gasteiger partial charge < -0.3 is 4.74 Å². The van der Waals surface area contributed by atoms with Gasteiger partial charge in [0.1, 0.15) is 0 Å². The van der Waals surface area contributed by atoms with Gasteiger partial charge in [0.15, 0.2) is 11.6 Å². The molecule has 0 saturated carbocycles. The van der Waals surface area contributed by atoms with Gasteiger partial charge in [-0.2, -0.15) is 0 Å². The fourth-order valence-corrected chi connectivity index (χ4v) is 3.06. The Labute approximate surface area is 134 Å². The third-order valence-electron chi connectivity index (χ3n) is 2.70. The average molecular weight is 411 g/mol. The second-order valence-corrected chi connectivity index (χ2v) is 5.96. The van der Waals surface area contributed by atoms with E-state index in [1.807, 2.05) is 6.07 Å². The zero-order valence-electron chi connectivity index (χ0n) is 9.96. The Balaban J connectivity index is 2.41. The highest BCUT2D eigenvalue weighted by molar-refractivity contribution is 14.1. The fraction of sp³-hybridized carbons (Fsp3) is 0.143. The van der Waals surface area contributed by atoms with Crippen molar-refractivity contribution < 1.29 is 9.13 Å². The molecule has 0 amide bonds. The van der Waals surface area contributed by atoms with Crippen molar-refractivity contribution in [3.63, 3.8) is 0 Å². The molecule has 2 rings (SSSR count). The topological polar surface area (TPSA) is 9.23 Å². The molecular formula is C14H10Cl2FIO. The van der Waals surface area contributed by atoms with E-state index in [4.69, 9.17) is 27.9 Å². The minimum atomic E-state index is -0.453. The SMILES string of the molecule is COc1ccc(C(Cl)c2cc(Cl)ccc2I)cc1F. The highest BCUT2D eigenvalue weighted by Crippen LogP contribution is 2.35. The van der Waals surface area contributed by atoms with Gasteiger partial charge in [0, 0.05) is 8.59 Å². The summed E-state index contributed by atoms with van der Waals surface area (Å²) in [5.74, 6) is -0.226. The van der Waals surface area contributed by atoms with Gasteiger partial charge in [-0.05, 0) is 64.0 Å². The summed E-state index contributed by atoms with van der Waals surface area (Å²) in [5, 5.41) is 0.154. The van der Waals surface area contributed by atoms with E-state index in [0.29, 0.717) is 10.6 Å². The first-order valence-corrected chi connectivity index (χ1v) is 7.34. The maximum Gasteiger partial charge on any atom is 0.165 e. The van der Waals surface area contributed by atoms with Gasteiger partial charge in [-0.25, -0.2) is 4.39 Å². The molecule has 0 spiro atoms. The normalized spacial score (nSPS) is 12.3. The Morgan fingerprint density at radius 3 is 2.58 bits per heavy atom. The minimum Gasteiger partial charge on any atom is -0.494 e. The fourth-order valence-electron chi connectivity index (χ4n) is 1.73. The number of hydrogen-bond acceptors (Lipinski definition) is 1. The van der Waals surface area contributed by atoms with Crippen LogP contribution in [0.4, 0.5) is 4.39 Å². The lowest BCUT2D eigenvalue weighted by atomic mass is 10.0. The van der Waals surface area contributed by atoms with Crippen molar-refractivity contribution in [2.75, 3.05) is 7.11 Å². The van der Waals surface area contributed by atoms with Crippen LogP contribution < -0.4 is 4.74 Å². The Morgan fingerprint density at radius 1 is 1.21 bits per heavy atom. The molecule has 0 fully saturated rings. The van der Waals surface area contributed by atoms with E-state index in [9.17, 15) is 4.39 Å². The third-order valence-corrected chi connectivity index (χ3v) is 4.40. The summed E-state index contributed by atoms with van der Waals surface area (Å²) < 4.78 is 19.6. The van der Waals surface area contributed by atoms with Crippen LogP contribution >= 0.6 is 45.8 Å².